The first-order chi connectivity index (χ1) is 14.3. The highest BCUT2D eigenvalue weighted by Gasteiger charge is 2.22. The third-order valence-corrected chi connectivity index (χ3v) is 6.35. The number of rotatable bonds is 5. The van der Waals surface area contributed by atoms with Crippen molar-refractivity contribution in [2.45, 2.75) is 6.92 Å². The Kier molecular flexibility index (Phi) is 5.62. The second-order valence-corrected chi connectivity index (χ2v) is 10.1. The van der Waals surface area contributed by atoms with Crippen LogP contribution in [0.3, 0.4) is 0 Å². The van der Waals surface area contributed by atoms with E-state index >= 15 is 0 Å². The van der Waals surface area contributed by atoms with E-state index in [2.05, 4.69) is 15.9 Å². The van der Waals surface area contributed by atoms with Gasteiger partial charge in [0.25, 0.3) is 0 Å². The lowest BCUT2D eigenvalue weighted by Gasteiger charge is -2.35. The molecule has 1 aliphatic heterocycles. The van der Waals surface area contributed by atoms with Crippen molar-refractivity contribution in [1.29, 1.82) is 0 Å². The van der Waals surface area contributed by atoms with E-state index < -0.39 is 9.84 Å². The molecular formula is C22H26N4O3S. The Morgan fingerprint density at radius 1 is 1.03 bits per heavy atom. The molecule has 0 unspecified atom stereocenters. The minimum absolute atomic E-state index is 0.154. The number of fused-ring (bicyclic) bond motifs is 1. The van der Waals surface area contributed by atoms with Crippen LogP contribution in [0.15, 0.2) is 42.5 Å². The van der Waals surface area contributed by atoms with E-state index in [9.17, 15) is 13.5 Å². The Morgan fingerprint density at radius 3 is 2.47 bits per heavy atom. The first-order valence-electron chi connectivity index (χ1n) is 10.0. The van der Waals surface area contributed by atoms with Gasteiger partial charge in [-0.25, -0.2) is 18.4 Å². The summed E-state index contributed by atoms with van der Waals surface area (Å²) in [5.41, 5.74) is 2.56. The predicted molar refractivity (Wildman–Crippen MR) is 120 cm³/mol. The summed E-state index contributed by atoms with van der Waals surface area (Å²) in [7, 11) is -2.96. The van der Waals surface area contributed by atoms with Crippen LogP contribution in [0.5, 0.6) is 5.75 Å². The molecule has 0 atom stereocenters. The maximum Gasteiger partial charge on any atom is 0.165 e. The third kappa shape index (κ3) is 4.55. The van der Waals surface area contributed by atoms with E-state index in [-0.39, 0.29) is 11.5 Å². The van der Waals surface area contributed by atoms with Crippen molar-refractivity contribution in [3.8, 4) is 17.1 Å². The fourth-order valence-electron chi connectivity index (χ4n) is 3.73. The molecule has 30 heavy (non-hydrogen) atoms. The average Bonchev–Trinajstić information content (AvgIpc) is 2.71. The topological polar surface area (TPSA) is 86.6 Å². The minimum atomic E-state index is -2.96. The van der Waals surface area contributed by atoms with Crippen LogP contribution in [0, 0.1) is 6.92 Å². The molecule has 2 aromatic carbocycles. The number of hydrogen-bond donors (Lipinski definition) is 1. The molecule has 0 saturated carbocycles. The lowest BCUT2D eigenvalue weighted by Crippen LogP contribution is -2.48. The van der Waals surface area contributed by atoms with Gasteiger partial charge in [0.15, 0.2) is 5.82 Å². The molecule has 0 aliphatic carbocycles. The Labute approximate surface area is 176 Å². The van der Waals surface area contributed by atoms with Crippen molar-refractivity contribution in [3.63, 3.8) is 0 Å². The molecule has 2 heterocycles. The Bertz CT molecular complexity index is 1170. The van der Waals surface area contributed by atoms with Gasteiger partial charge in [-0.3, -0.25) is 4.90 Å². The van der Waals surface area contributed by atoms with E-state index in [0.29, 0.717) is 17.9 Å². The number of hydrogen-bond acceptors (Lipinski definition) is 7. The smallest absolute Gasteiger partial charge is 0.165 e. The lowest BCUT2D eigenvalue weighted by molar-refractivity contribution is 0.271. The number of aromatic hydroxyl groups is 1. The van der Waals surface area contributed by atoms with Gasteiger partial charge in [0.1, 0.15) is 21.4 Å². The number of aromatic nitrogens is 2. The largest absolute Gasteiger partial charge is 0.507 e. The van der Waals surface area contributed by atoms with E-state index in [1.807, 2.05) is 31.2 Å². The number of anilines is 1. The van der Waals surface area contributed by atoms with Crippen molar-refractivity contribution >= 4 is 26.6 Å². The molecule has 0 radical (unpaired) electrons. The highest BCUT2D eigenvalue weighted by Crippen LogP contribution is 2.32. The number of nitrogens with zero attached hydrogens (tertiary/aromatic N) is 4. The number of aryl methyl sites for hydroxylation is 1. The predicted octanol–water partition coefficient (Wildman–Crippen LogP) is 2.48. The minimum Gasteiger partial charge on any atom is -0.507 e. The molecule has 0 bridgehead atoms. The Hall–Kier alpha value is -2.71. The molecule has 1 saturated heterocycles. The third-order valence-electron chi connectivity index (χ3n) is 5.43. The zero-order valence-electron chi connectivity index (χ0n) is 17.2. The van der Waals surface area contributed by atoms with Gasteiger partial charge in [0.05, 0.1) is 16.8 Å². The number of phenolic OH excluding ortho intramolecular Hbond substituents is 1. The van der Waals surface area contributed by atoms with Gasteiger partial charge in [0.2, 0.25) is 0 Å². The molecule has 8 heteroatoms. The van der Waals surface area contributed by atoms with Crippen molar-refractivity contribution in [1.82, 2.24) is 14.9 Å². The highest BCUT2D eigenvalue weighted by atomic mass is 32.2. The van der Waals surface area contributed by atoms with Crippen LogP contribution in [-0.4, -0.2) is 73.1 Å². The number of phenols is 1. The van der Waals surface area contributed by atoms with Crippen LogP contribution in [0.2, 0.25) is 0 Å². The number of piperazine rings is 1. The van der Waals surface area contributed by atoms with Gasteiger partial charge >= 0.3 is 0 Å². The van der Waals surface area contributed by atoms with E-state index in [1.165, 1.54) is 6.26 Å². The molecule has 7 nitrogen and oxygen atoms in total. The van der Waals surface area contributed by atoms with Crippen molar-refractivity contribution in [2.24, 2.45) is 0 Å². The van der Waals surface area contributed by atoms with Crippen LogP contribution >= 0.6 is 0 Å². The summed E-state index contributed by atoms with van der Waals surface area (Å²) in [6.07, 6.45) is 1.28. The van der Waals surface area contributed by atoms with Crippen LogP contribution < -0.4 is 4.90 Å². The van der Waals surface area contributed by atoms with Gasteiger partial charge in [-0.05, 0) is 36.8 Å². The normalized spacial score (nSPS) is 15.6. The fourth-order valence-corrected chi connectivity index (χ4v) is 4.32. The molecular weight excluding hydrogens is 400 g/mol. The maximum atomic E-state index is 11.5. The standard InChI is InChI=1S/C22H26N4O3S/c1-16-7-8-17-19(15-16)23-21(18-5-3-4-6-20(18)27)24-22(17)26-11-9-25(10-12-26)13-14-30(2,28)29/h3-8,15,27H,9-14H2,1-2H3. The van der Waals surface area contributed by atoms with Gasteiger partial charge < -0.3 is 10.0 Å². The molecule has 4 rings (SSSR count). The van der Waals surface area contributed by atoms with E-state index in [1.54, 1.807) is 12.1 Å². The summed E-state index contributed by atoms with van der Waals surface area (Å²) in [6, 6.07) is 13.2. The van der Waals surface area contributed by atoms with Gasteiger partial charge in [0, 0.05) is 44.4 Å². The van der Waals surface area contributed by atoms with Crippen LogP contribution in [-0.2, 0) is 9.84 Å². The Balaban J connectivity index is 1.66. The molecule has 3 aromatic rings. The molecule has 1 aliphatic rings. The van der Waals surface area contributed by atoms with E-state index in [0.717, 1.165) is 48.5 Å². The van der Waals surface area contributed by atoms with Crippen molar-refractivity contribution in [3.05, 3.63) is 48.0 Å². The summed E-state index contributed by atoms with van der Waals surface area (Å²) in [5.74, 6) is 1.68. The molecule has 1 fully saturated rings. The second-order valence-electron chi connectivity index (χ2n) is 7.87. The van der Waals surface area contributed by atoms with Gasteiger partial charge in [-0.1, -0.05) is 18.2 Å². The van der Waals surface area contributed by atoms with E-state index in [4.69, 9.17) is 9.97 Å². The second kappa shape index (κ2) is 8.20. The first-order valence-corrected chi connectivity index (χ1v) is 12.1. The molecule has 0 amide bonds. The van der Waals surface area contributed by atoms with Gasteiger partial charge in [-0.2, -0.15) is 0 Å². The van der Waals surface area contributed by atoms with Crippen molar-refractivity contribution in [2.75, 3.05) is 49.6 Å². The number of sulfone groups is 1. The monoisotopic (exact) mass is 426 g/mol. The highest BCUT2D eigenvalue weighted by molar-refractivity contribution is 7.90. The number of benzene rings is 2. The maximum absolute atomic E-state index is 11.5. The number of para-hydroxylation sites is 1. The quantitative estimate of drug-likeness (QED) is 0.671. The lowest BCUT2D eigenvalue weighted by atomic mass is 10.1. The summed E-state index contributed by atoms with van der Waals surface area (Å²) in [5, 5.41) is 11.3. The van der Waals surface area contributed by atoms with Gasteiger partial charge in [-0.15, -0.1) is 0 Å². The van der Waals surface area contributed by atoms with Crippen LogP contribution in [0.1, 0.15) is 5.56 Å². The molecule has 158 valence electrons. The SMILES string of the molecule is Cc1ccc2c(N3CCN(CCS(C)(=O)=O)CC3)nc(-c3ccccc3O)nc2c1. The van der Waals surface area contributed by atoms with Crippen molar-refractivity contribution < 1.29 is 13.5 Å². The summed E-state index contributed by atoms with van der Waals surface area (Å²) >= 11 is 0. The summed E-state index contributed by atoms with van der Waals surface area (Å²) < 4.78 is 22.9. The van der Waals surface area contributed by atoms with Crippen LogP contribution in [0.4, 0.5) is 5.82 Å². The summed E-state index contributed by atoms with van der Waals surface area (Å²) in [4.78, 5) is 14.0. The zero-order chi connectivity index (χ0) is 21.3. The fraction of sp³-hybridized carbons (Fsp3) is 0.364. The average molecular weight is 427 g/mol. The molecule has 0 spiro atoms. The zero-order valence-corrected chi connectivity index (χ0v) is 18.1. The first kappa shape index (κ1) is 20.6. The Morgan fingerprint density at radius 2 is 1.77 bits per heavy atom. The van der Waals surface area contributed by atoms with Crippen LogP contribution in [0.25, 0.3) is 22.3 Å². The molecule has 1 aromatic heterocycles. The molecule has 1 N–H and O–H groups in total. The summed E-state index contributed by atoms with van der Waals surface area (Å²) in [6.45, 7) is 5.65.